The van der Waals surface area contributed by atoms with E-state index in [0.717, 1.165) is 15.8 Å². The van der Waals surface area contributed by atoms with Crippen LogP contribution in [0.25, 0.3) is 0 Å². The molecular formula is C12H15BrN2O3S. The predicted octanol–water partition coefficient (Wildman–Crippen LogP) is 1.68. The number of rotatable bonds is 5. The Labute approximate surface area is 123 Å². The van der Waals surface area contributed by atoms with Crippen LogP contribution in [0, 0.1) is 0 Å². The third kappa shape index (κ3) is 4.02. The van der Waals surface area contributed by atoms with Crippen LogP contribution in [0.4, 0.5) is 0 Å². The molecule has 0 radical (unpaired) electrons. The first kappa shape index (κ1) is 14.5. The third-order valence-electron chi connectivity index (χ3n) is 3.08. The van der Waals surface area contributed by atoms with Crippen molar-refractivity contribution in [2.45, 2.75) is 25.4 Å². The minimum Gasteiger partial charge on any atom is -0.480 e. The fourth-order valence-corrected chi connectivity index (χ4v) is 3.56. The summed E-state index contributed by atoms with van der Waals surface area (Å²) in [5.74, 6) is -0.967. The number of amides is 1. The molecule has 0 saturated carbocycles. The van der Waals surface area contributed by atoms with E-state index in [1.54, 1.807) is 16.2 Å². The minimum atomic E-state index is -0.840. The second-order valence-corrected chi connectivity index (χ2v) is 6.39. The fraction of sp³-hybridized carbons (Fsp3) is 0.500. The van der Waals surface area contributed by atoms with E-state index in [1.165, 1.54) is 0 Å². The van der Waals surface area contributed by atoms with Gasteiger partial charge in [0.2, 0.25) is 5.91 Å². The van der Waals surface area contributed by atoms with Crippen LogP contribution in [0.3, 0.4) is 0 Å². The number of carboxylic acid groups (broad SMARTS) is 1. The second-order valence-electron chi connectivity index (χ2n) is 4.47. The van der Waals surface area contributed by atoms with Crippen LogP contribution < -0.4 is 5.32 Å². The Balaban J connectivity index is 1.79. The first-order valence-electron chi connectivity index (χ1n) is 6.02. The van der Waals surface area contributed by atoms with E-state index in [-0.39, 0.29) is 12.5 Å². The first-order valence-corrected chi connectivity index (χ1v) is 7.70. The van der Waals surface area contributed by atoms with Gasteiger partial charge in [0, 0.05) is 14.7 Å². The van der Waals surface area contributed by atoms with Gasteiger partial charge >= 0.3 is 5.97 Å². The first-order chi connectivity index (χ1) is 9.06. The highest BCUT2D eigenvalue weighted by atomic mass is 79.9. The van der Waals surface area contributed by atoms with E-state index < -0.39 is 12.0 Å². The van der Waals surface area contributed by atoms with E-state index in [2.05, 4.69) is 21.2 Å². The van der Waals surface area contributed by atoms with E-state index in [9.17, 15) is 9.59 Å². The Morgan fingerprint density at radius 2 is 2.37 bits per heavy atom. The van der Waals surface area contributed by atoms with Crippen LogP contribution in [0.5, 0.6) is 0 Å². The summed E-state index contributed by atoms with van der Waals surface area (Å²) in [6.45, 7) is 1.32. The van der Waals surface area contributed by atoms with Gasteiger partial charge in [0.25, 0.3) is 0 Å². The lowest BCUT2D eigenvalue weighted by Crippen LogP contribution is -2.42. The number of carboxylic acids is 1. The number of thiophene rings is 1. The lowest BCUT2D eigenvalue weighted by atomic mass is 10.2. The number of nitrogens with zero attached hydrogens (tertiary/aromatic N) is 1. The second kappa shape index (κ2) is 6.49. The van der Waals surface area contributed by atoms with Crippen LogP contribution in [0.1, 0.15) is 17.7 Å². The van der Waals surface area contributed by atoms with Crippen molar-refractivity contribution in [1.82, 2.24) is 10.2 Å². The average Bonchev–Trinajstić information content (AvgIpc) is 2.95. The number of hydrogen-bond acceptors (Lipinski definition) is 4. The van der Waals surface area contributed by atoms with E-state index in [1.807, 2.05) is 11.4 Å². The minimum absolute atomic E-state index is 0.127. The van der Waals surface area contributed by atoms with Crippen LogP contribution >= 0.6 is 27.3 Å². The highest BCUT2D eigenvalue weighted by molar-refractivity contribution is 9.10. The molecule has 0 bridgehead atoms. The largest absolute Gasteiger partial charge is 0.480 e. The van der Waals surface area contributed by atoms with Crippen molar-refractivity contribution in [3.8, 4) is 0 Å². The summed E-state index contributed by atoms with van der Waals surface area (Å²) in [5, 5.41) is 13.8. The van der Waals surface area contributed by atoms with Gasteiger partial charge in [0.15, 0.2) is 0 Å². The smallest absolute Gasteiger partial charge is 0.320 e. The van der Waals surface area contributed by atoms with Gasteiger partial charge in [0.1, 0.15) is 6.04 Å². The average molecular weight is 347 g/mol. The van der Waals surface area contributed by atoms with Gasteiger partial charge in [-0.25, -0.2) is 0 Å². The highest BCUT2D eigenvalue weighted by Gasteiger charge is 2.31. The Kier molecular flexibility index (Phi) is 4.95. The van der Waals surface area contributed by atoms with E-state index >= 15 is 0 Å². The molecule has 1 saturated heterocycles. The van der Waals surface area contributed by atoms with Gasteiger partial charge in [0.05, 0.1) is 13.1 Å². The molecular weight excluding hydrogens is 332 g/mol. The molecule has 5 nitrogen and oxygen atoms in total. The molecule has 0 aliphatic carbocycles. The molecule has 1 atom stereocenters. The lowest BCUT2D eigenvalue weighted by molar-refractivity contribution is -0.142. The number of halogens is 1. The number of likely N-dealkylation sites (tertiary alicyclic amines) is 1. The zero-order valence-electron chi connectivity index (χ0n) is 10.3. The van der Waals surface area contributed by atoms with Gasteiger partial charge in [-0.05, 0) is 41.4 Å². The van der Waals surface area contributed by atoms with Crippen LogP contribution in [0.15, 0.2) is 15.9 Å². The summed E-state index contributed by atoms with van der Waals surface area (Å²) in [6, 6.07) is 1.45. The van der Waals surface area contributed by atoms with E-state index in [0.29, 0.717) is 19.5 Å². The maximum atomic E-state index is 11.8. The van der Waals surface area contributed by atoms with Crippen LogP contribution in [-0.2, 0) is 16.1 Å². The molecule has 0 spiro atoms. The molecule has 2 rings (SSSR count). The number of aliphatic carboxylic acids is 1. The summed E-state index contributed by atoms with van der Waals surface area (Å²) in [6.07, 6.45) is 1.46. The third-order valence-corrected chi connectivity index (χ3v) is 4.77. The van der Waals surface area contributed by atoms with Crippen LogP contribution in [0.2, 0.25) is 0 Å². The zero-order chi connectivity index (χ0) is 13.8. The van der Waals surface area contributed by atoms with Crippen molar-refractivity contribution >= 4 is 39.1 Å². The summed E-state index contributed by atoms with van der Waals surface area (Å²) < 4.78 is 1.01. The van der Waals surface area contributed by atoms with Crippen molar-refractivity contribution in [1.29, 1.82) is 0 Å². The summed E-state index contributed by atoms with van der Waals surface area (Å²) >= 11 is 4.93. The number of carbonyl (C=O) groups is 2. The quantitative estimate of drug-likeness (QED) is 0.850. The maximum absolute atomic E-state index is 11.8. The van der Waals surface area contributed by atoms with Crippen molar-refractivity contribution in [2.75, 3.05) is 13.1 Å². The SMILES string of the molecule is O=C(CN1CCC[C@@H]1C(=O)O)NCc1cc(Br)cs1. The number of hydrogen-bond donors (Lipinski definition) is 2. The molecule has 1 amide bonds. The molecule has 19 heavy (non-hydrogen) atoms. The predicted molar refractivity (Wildman–Crippen MR) is 76.1 cm³/mol. The Morgan fingerprint density at radius 1 is 1.58 bits per heavy atom. The molecule has 1 aliphatic heterocycles. The van der Waals surface area contributed by atoms with Gasteiger partial charge in [-0.2, -0.15) is 0 Å². The fourth-order valence-electron chi connectivity index (χ4n) is 2.17. The normalized spacial score (nSPS) is 19.5. The monoisotopic (exact) mass is 346 g/mol. The highest BCUT2D eigenvalue weighted by Crippen LogP contribution is 2.19. The Hall–Kier alpha value is -0.920. The van der Waals surface area contributed by atoms with Crippen molar-refractivity contribution in [3.63, 3.8) is 0 Å². The van der Waals surface area contributed by atoms with Crippen molar-refractivity contribution in [3.05, 3.63) is 20.8 Å². The maximum Gasteiger partial charge on any atom is 0.320 e. The molecule has 0 aromatic carbocycles. The summed E-state index contributed by atoms with van der Waals surface area (Å²) in [4.78, 5) is 25.6. The van der Waals surface area contributed by atoms with Gasteiger partial charge in [-0.3, -0.25) is 14.5 Å². The molecule has 1 fully saturated rings. The van der Waals surface area contributed by atoms with Crippen LogP contribution in [-0.4, -0.2) is 41.0 Å². The van der Waals surface area contributed by atoms with Gasteiger partial charge < -0.3 is 10.4 Å². The molecule has 2 N–H and O–H groups in total. The Bertz CT molecular complexity index is 477. The summed E-state index contributed by atoms with van der Waals surface area (Å²) in [5.41, 5.74) is 0. The van der Waals surface area contributed by atoms with Crippen molar-refractivity contribution < 1.29 is 14.7 Å². The molecule has 0 unspecified atom stereocenters. The number of carbonyl (C=O) groups excluding carboxylic acids is 1. The van der Waals surface area contributed by atoms with Crippen molar-refractivity contribution in [2.24, 2.45) is 0 Å². The standard InChI is InChI=1S/C12H15BrN2O3S/c13-8-4-9(19-7-8)5-14-11(16)6-15-3-1-2-10(15)12(17)18/h4,7,10H,1-3,5-6H2,(H,14,16)(H,17,18)/t10-/m1/s1. The number of nitrogens with one attached hydrogen (secondary N) is 1. The van der Waals surface area contributed by atoms with Gasteiger partial charge in [-0.15, -0.1) is 11.3 Å². The van der Waals surface area contributed by atoms with E-state index in [4.69, 9.17) is 5.11 Å². The molecule has 104 valence electrons. The Morgan fingerprint density at radius 3 is 3.00 bits per heavy atom. The molecule has 1 aromatic heterocycles. The lowest BCUT2D eigenvalue weighted by Gasteiger charge is -2.20. The zero-order valence-corrected chi connectivity index (χ0v) is 12.7. The molecule has 1 aliphatic rings. The molecule has 2 heterocycles. The summed E-state index contributed by atoms with van der Waals surface area (Å²) in [7, 11) is 0. The topological polar surface area (TPSA) is 69.6 Å². The molecule has 1 aromatic rings. The molecule has 7 heteroatoms. The van der Waals surface area contributed by atoms with Gasteiger partial charge in [-0.1, -0.05) is 0 Å².